The summed E-state index contributed by atoms with van der Waals surface area (Å²) >= 11 is 3.18. The maximum Gasteiger partial charge on any atom is 0.336 e. The number of rotatable bonds is 18. The van der Waals surface area contributed by atoms with Gasteiger partial charge in [0.05, 0.1) is 25.4 Å². The van der Waals surface area contributed by atoms with Crippen molar-refractivity contribution in [2.75, 3.05) is 30.1 Å². The second-order valence-corrected chi connectivity index (χ2v) is 9.94. The van der Waals surface area contributed by atoms with E-state index in [0.717, 1.165) is 45.1 Å². The van der Waals surface area contributed by atoms with Crippen LogP contribution in [-0.4, -0.2) is 71.4 Å². The highest BCUT2D eigenvalue weighted by atomic mass is 32.2. The van der Waals surface area contributed by atoms with E-state index in [1.165, 1.54) is 0 Å². The Kier molecular flexibility index (Phi) is 15.0. The van der Waals surface area contributed by atoms with Crippen molar-refractivity contribution in [3.05, 3.63) is 31.5 Å². The van der Waals surface area contributed by atoms with Crippen LogP contribution in [0.3, 0.4) is 0 Å². The molecule has 0 spiro atoms. The molecule has 0 amide bonds. The molecule has 0 radical (unpaired) electrons. The molecule has 1 aromatic rings. The summed E-state index contributed by atoms with van der Waals surface area (Å²) in [5.41, 5.74) is -1.96. The fourth-order valence-electron chi connectivity index (χ4n) is 3.31. The molecule has 9 nitrogen and oxygen atoms in total. The number of thioether (sulfide) groups is 2. The summed E-state index contributed by atoms with van der Waals surface area (Å²) in [6.07, 6.45) is 6.43. The molecule has 0 fully saturated rings. The van der Waals surface area contributed by atoms with Gasteiger partial charge in [0.25, 0.3) is 0 Å². The third-order valence-electron chi connectivity index (χ3n) is 5.22. The molecule has 32 heavy (non-hydrogen) atoms. The van der Waals surface area contributed by atoms with E-state index in [4.69, 9.17) is 0 Å². The lowest BCUT2D eigenvalue weighted by atomic mass is 10.1. The summed E-state index contributed by atoms with van der Waals surface area (Å²) < 4.78 is 3.08. The van der Waals surface area contributed by atoms with Crippen LogP contribution in [0, 0.1) is 0 Å². The molecule has 0 aliphatic rings. The highest BCUT2D eigenvalue weighted by molar-refractivity contribution is 7.99. The molecule has 3 N–H and O–H groups in total. The first-order chi connectivity index (χ1) is 15.4. The predicted molar refractivity (Wildman–Crippen MR) is 132 cm³/mol. The van der Waals surface area contributed by atoms with Gasteiger partial charge in [-0.05, 0) is 49.9 Å². The van der Waals surface area contributed by atoms with Gasteiger partial charge in [-0.2, -0.15) is 23.5 Å². The van der Waals surface area contributed by atoms with Gasteiger partial charge < -0.3 is 15.3 Å². The summed E-state index contributed by atoms with van der Waals surface area (Å²) in [4.78, 5) is 37.8. The normalized spacial score (nSPS) is 13.4. The van der Waals surface area contributed by atoms with Crippen LogP contribution in [0.1, 0.15) is 51.9 Å². The Hall–Kier alpha value is -1.01. The second-order valence-electron chi connectivity index (χ2n) is 7.80. The smallest absolute Gasteiger partial charge is 0.336 e. The van der Waals surface area contributed by atoms with Crippen molar-refractivity contribution >= 4 is 23.5 Å². The van der Waals surface area contributed by atoms with Gasteiger partial charge in [0, 0.05) is 18.8 Å². The van der Waals surface area contributed by atoms with E-state index in [-0.39, 0.29) is 32.3 Å². The van der Waals surface area contributed by atoms with Crippen molar-refractivity contribution in [2.24, 2.45) is 0 Å². The van der Waals surface area contributed by atoms with Gasteiger partial charge in [-0.1, -0.05) is 19.8 Å². The zero-order chi connectivity index (χ0) is 23.9. The van der Waals surface area contributed by atoms with Crippen LogP contribution in [-0.2, 0) is 19.6 Å². The van der Waals surface area contributed by atoms with E-state index in [1.54, 1.807) is 23.5 Å². The maximum absolute atomic E-state index is 12.7. The fourth-order valence-corrected chi connectivity index (χ4v) is 4.67. The Morgan fingerprint density at radius 1 is 0.781 bits per heavy atom. The number of aromatic nitrogens is 3. The minimum atomic E-state index is -0.686. The predicted octanol–water partition coefficient (Wildman–Crippen LogP) is 0.733. The van der Waals surface area contributed by atoms with E-state index in [0.29, 0.717) is 30.8 Å². The van der Waals surface area contributed by atoms with Crippen molar-refractivity contribution < 1.29 is 15.3 Å². The fraction of sp³-hybridized carbons (Fsp3) is 0.857. The van der Waals surface area contributed by atoms with Gasteiger partial charge in [0.2, 0.25) is 0 Å². The summed E-state index contributed by atoms with van der Waals surface area (Å²) in [5, 5.41) is 28.8. The molecular weight excluding hydrogens is 454 g/mol. The van der Waals surface area contributed by atoms with E-state index in [1.807, 2.05) is 13.2 Å². The SMILES string of the molecule is CCC(O)CCCCC(O)CSCCCn1c(=O)n(CCO)c(=O)n(CCCSC)c1=O. The van der Waals surface area contributed by atoms with Crippen molar-refractivity contribution in [3.8, 4) is 0 Å². The van der Waals surface area contributed by atoms with Gasteiger partial charge in [0.15, 0.2) is 0 Å². The lowest BCUT2D eigenvalue weighted by Gasteiger charge is -2.14. The minimum absolute atomic E-state index is 0.142. The van der Waals surface area contributed by atoms with Gasteiger partial charge in [-0.25, -0.2) is 28.1 Å². The van der Waals surface area contributed by atoms with Crippen LogP contribution in [0.5, 0.6) is 0 Å². The molecule has 11 heteroatoms. The Bertz CT molecular complexity index is 823. The quantitative estimate of drug-likeness (QED) is 0.256. The largest absolute Gasteiger partial charge is 0.395 e. The Morgan fingerprint density at radius 2 is 1.28 bits per heavy atom. The molecule has 0 aromatic carbocycles. The zero-order valence-electron chi connectivity index (χ0n) is 19.3. The molecule has 186 valence electrons. The maximum atomic E-state index is 12.7. The molecule has 0 bridgehead atoms. The molecule has 0 aliphatic carbocycles. The zero-order valence-corrected chi connectivity index (χ0v) is 20.9. The molecule has 0 aliphatic heterocycles. The Balaban J connectivity index is 2.60. The number of aliphatic hydroxyl groups is 3. The van der Waals surface area contributed by atoms with E-state index < -0.39 is 23.2 Å². The summed E-state index contributed by atoms with van der Waals surface area (Å²) in [5.74, 6) is 2.04. The second kappa shape index (κ2) is 16.6. The number of hydrogen-bond donors (Lipinski definition) is 3. The topological polar surface area (TPSA) is 127 Å². The third-order valence-corrected chi connectivity index (χ3v) is 7.11. The van der Waals surface area contributed by atoms with Crippen molar-refractivity contribution in [3.63, 3.8) is 0 Å². The van der Waals surface area contributed by atoms with E-state index in [9.17, 15) is 29.7 Å². The molecule has 1 heterocycles. The monoisotopic (exact) mass is 493 g/mol. The lowest BCUT2D eigenvalue weighted by molar-refractivity contribution is 0.149. The first-order valence-corrected chi connectivity index (χ1v) is 13.9. The van der Waals surface area contributed by atoms with Gasteiger partial charge in [0.1, 0.15) is 0 Å². The van der Waals surface area contributed by atoms with E-state index in [2.05, 4.69) is 0 Å². The molecule has 2 atom stereocenters. The van der Waals surface area contributed by atoms with Crippen molar-refractivity contribution in [1.29, 1.82) is 0 Å². The number of unbranched alkanes of at least 4 members (excludes halogenated alkanes) is 1. The molecular formula is C21H39N3O6S2. The minimum Gasteiger partial charge on any atom is -0.395 e. The average molecular weight is 494 g/mol. The van der Waals surface area contributed by atoms with Crippen LogP contribution >= 0.6 is 23.5 Å². The molecule has 2 unspecified atom stereocenters. The highest BCUT2D eigenvalue weighted by Gasteiger charge is 2.15. The molecule has 0 saturated carbocycles. The van der Waals surface area contributed by atoms with Crippen molar-refractivity contribution in [2.45, 2.75) is 83.7 Å². The van der Waals surface area contributed by atoms with Crippen LogP contribution in [0.15, 0.2) is 14.4 Å². The van der Waals surface area contributed by atoms with Crippen molar-refractivity contribution in [1.82, 2.24) is 13.7 Å². The number of aliphatic hydroxyl groups excluding tert-OH is 3. The number of hydrogen-bond acceptors (Lipinski definition) is 8. The first kappa shape index (κ1) is 29.0. The van der Waals surface area contributed by atoms with Gasteiger partial charge >= 0.3 is 17.1 Å². The van der Waals surface area contributed by atoms with Crippen LogP contribution < -0.4 is 17.1 Å². The number of nitrogens with zero attached hydrogens (tertiary/aromatic N) is 3. The molecule has 1 aromatic heterocycles. The lowest BCUT2D eigenvalue weighted by Crippen LogP contribution is -2.55. The highest BCUT2D eigenvalue weighted by Crippen LogP contribution is 2.12. The van der Waals surface area contributed by atoms with Crippen LogP contribution in [0.25, 0.3) is 0 Å². The Morgan fingerprint density at radius 3 is 1.78 bits per heavy atom. The van der Waals surface area contributed by atoms with Gasteiger partial charge in [-0.3, -0.25) is 0 Å². The average Bonchev–Trinajstić information content (AvgIpc) is 2.78. The van der Waals surface area contributed by atoms with E-state index >= 15 is 0 Å². The third kappa shape index (κ3) is 9.86. The summed E-state index contributed by atoms with van der Waals surface area (Å²) in [6, 6.07) is 0. The standard InChI is InChI=1S/C21H39N3O6S2/c1-3-17(26)8-4-5-9-18(27)16-32-15-7-11-23-19(28)22(10-6-14-31-2)20(29)24(12-13-25)21(23)30/h17-18,25-27H,3-16H2,1-2H3. The van der Waals surface area contributed by atoms with Crippen LogP contribution in [0.2, 0.25) is 0 Å². The van der Waals surface area contributed by atoms with Crippen LogP contribution in [0.4, 0.5) is 0 Å². The molecule has 0 saturated heterocycles. The molecule has 1 rings (SSSR count). The summed E-state index contributed by atoms with van der Waals surface area (Å²) in [6.45, 7) is 1.87. The van der Waals surface area contributed by atoms with Gasteiger partial charge in [-0.15, -0.1) is 0 Å². The first-order valence-electron chi connectivity index (χ1n) is 11.3. The summed E-state index contributed by atoms with van der Waals surface area (Å²) in [7, 11) is 0. The Labute approximate surface area is 197 Å².